The fourth-order valence-corrected chi connectivity index (χ4v) is 8.07. The monoisotopic (exact) mass is 504 g/mol. The third kappa shape index (κ3) is 4.46. The minimum Gasteiger partial charge on any atom is -0.497 e. The van der Waals surface area contributed by atoms with E-state index in [0.29, 0.717) is 24.3 Å². The van der Waals surface area contributed by atoms with Crippen LogP contribution in [0.1, 0.15) is 70.8 Å². The number of fused-ring (bicyclic) bond motifs is 5. The van der Waals surface area contributed by atoms with Crippen molar-refractivity contribution in [2.24, 2.45) is 33.7 Å². The third-order valence-corrected chi connectivity index (χ3v) is 10.4. The van der Waals surface area contributed by atoms with Crippen LogP contribution >= 0.6 is 0 Å². The number of hydrogen-bond donors (Lipinski definition) is 2. The van der Waals surface area contributed by atoms with Crippen LogP contribution < -0.4 is 10.1 Å². The zero-order chi connectivity index (χ0) is 26.3. The lowest BCUT2D eigenvalue weighted by atomic mass is 9.46. The molecule has 198 valence electrons. The van der Waals surface area contributed by atoms with Crippen molar-refractivity contribution in [1.82, 2.24) is 5.32 Å². The molecule has 5 rings (SSSR count). The van der Waals surface area contributed by atoms with E-state index in [2.05, 4.69) is 36.3 Å². The van der Waals surface area contributed by atoms with Crippen molar-refractivity contribution in [2.75, 3.05) is 13.7 Å². The topological polar surface area (TPSA) is 80.2 Å². The Morgan fingerprint density at radius 3 is 2.62 bits per heavy atom. The Morgan fingerprint density at radius 1 is 1.14 bits per heavy atom. The summed E-state index contributed by atoms with van der Waals surface area (Å²) in [5.74, 6) is 5.11. The molecular formula is C31H40N2O4. The van der Waals surface area contributed by atoms with Gasteiger partial charge in [-0.15, -0.1) is 6.42 Å². The van der Waals surface area contributed by atoms with Gasteiger partial charge in [0.15, 0.2) is 6.61 Å². The highest BCUT2D eigenvalue weighted by atomic mass is 16.6. The van der Waals surface area contributed by atoms with Gasteiger partial charge in [-0.05, 0) is 98.3 Å². The first-order valence-electron chi connectivity index (χ1n) is 13.7. The van der Waals surface area contributed by atoms with Gasteiger partial charge in [-0.25, -0.2) is 0 Å². The number of benzene rings is 1. The van der Waals surface area contributed by atoms with Gasteiger partial charge < -0.3 is 20.0 Å². The molecule has 6 nitrogen and oxygen atoms in total. The molecule has 3 fully saturated rings. The van der Waals surface area contributed by atoms with Crippen molar-refractivity contribution in [2.45, 2.75) is 77.4 Å². The van der Waals surface area contributed by atoms with Gasteiger partial charge in [-0.2, -0.15) is 0 Å². The second-order valence-corrected chi connectivity index (χ2v) is 12.0. The molecule has 2 N–H and O–H groups in total. The van der Waals surface area contributed by atoms with Gasteiger partial charge in [0.2, 0.25) is 0 Å². The molecule has 37 heavy (non-hydrogen) atoms. The van der Waals surface area contributed by atoms with Gasteiger partial charge in [-0.1, -0.05) is 42.6 Å². The largest absolute Gasteiger partial charge is 0.497 e. The summed E-state index contributed by atoms with van der Waals surface area (Å²) in [5.41, 5.74) is 2.44. The van der Waals surface area contributed by atoms with Crippen LogP contribution in [0.3, 0.4) is 0 Å². The van der Waals surface area contributed by atoms with E-state index < -0.39 is 5.60 Å². The lowest BCUT2D eigenvalue weighted by molar-refractivity contribution is -0.125. The maximum atomic E-state index is 12.2. The van der Waals surface area contributed by atoms with Gasteiger partial charge in [0.25, 0.3) is 5.91 Å². The second-order valence-electron chi connectivity index (χ2n) is 12.0. The van der Waals surface area contributed by atoms with Gasteiger partial charge in [0, 0.05) is 12.0 Å². The van der Waals surface area contributed by atoms with E-state index in [0.717, 1.165) is 68.4 Å². The molecular weight excluding hydrogens is 464 g/mol. The number of ether oxygens (including phenoxy) is 1. The van der Waals surface area contributed by atoms with Crippen molar-refractivity contribution in [3.8, 4) is 18.1 Å². The Bertz CT molecular complexity index is 1130. The number of oxime groups is 1. The minimum absolute atomic E-state index is 0.0941. The number of hydrogen-bond acceptors (Lipinski definition) is 5. The highest BCUT2D eigenvalue weighted by molar-refractivity contribution is 5.96. The van der Waals surface area contributed by atoms with E-state index in [4.69, 9.17) is 16.0 Å². The standard InChI is InChI=1S/C31H40N2O4/c1-5-31(35)17-14-27-25-11-8-22-18-23(12-15-29(22,2)26(25)13-16-30(27,31)3)33-37-20-28(34)32-19-21-6-9-24(36-4)10-7-21/h1,6-7,9-10,18,25-27,35H,8,11-17,19-20H2,2-4H3,(H,32,34)/b33-23+/t25-,26+,27+,29+,30+,31+/m1/s1. The number of allylic oxidation sites excluding steroid dienone is 2. The summed E-state index contributed by atoms with van der Waals surface area (Å²) in [7, 11) is 1.63. The van der Waals surface area contributed by atoms with Crippen LogP contribution in [0.4, 0.5) is 0 Å². The number of carbonyl (C=O) groups excluding carboxylic acids is 1. The van der Waals surface area contributed by atoms with Crippen molar-refractivity contribution in [1.29, 1.82) is 0 Å². The smallest absolute Gasteiger partial charge is 0.261 e. The van der Waals surface area contributed by atoms with Crippen LogP contribution in [-0.2, 0) is 16.2 Å². The molecule has 4 aliphatic carbocycles. The fraction of sp³-hybridized carbons (Fsp3) is 0.613. The summed E-state index contributed by atoms with van der Waals surface area (Å²) in [4.78, 5) is 17.7. The molecule has 6 heteroatoms. The maximum absolute atomic E-state index is 12.2. The van der Waals surface area contributed by atoms with Crippen molar-refractivity contribution in [3.05, 3.63) is 41.5 Å². The lowest BCUT2D eigenvalue weighted by Crippen LogP contribution is -2.54. The normalized spacial score (nSPS) is 37.4. The molecule has 0 spiro atoms. The van der Waals surface area contributed by atoms with Crippen LogP contribution in [0.25, 0.3) is 0 Å². The molecule has 0 aliphatic heterocycles. The van der Waals surface area contributed by atoms with Gasteiger partial charge in [-0.3, -0.25) is 4.79 Å². The van der Waals surface area contributed by atoms with Gasteiger partial charge in [0.1, 0.15) is 11.4 Å². The Kier molecular flexibility index (Phi) is 6.87. The SMILES string of the molecule is C#C[C@]1(O)CC[C@H]2[C@@H]3CCC4=C/C(=N/OCC(=O)NCc5ccc(OC)cc5)CC[C@]4(C)[C@H]3CC[C@@]21C. The Morgan fingerprint density at radius 2 is 1.89 bits per heavy atom. The van der Waals surface area contributed by atoms with Crippen molar-refractivity contribution in [3.63, 3.8) is 0 Å². The van der Waals surface area contributed by atoms with Crippen LogP contribution in [0.15, 0.2) is 41.1 Å². The van der Waals surface area contributed by atoms with Crippen LogP contribution in [0.2, 0.25) is 0 Å². The Hall–Kier alpha value is -2.78. The number of aliphatic hydroxyl groups is 1. The summed E-state index contributed by atoms with van der Waals surface area (Å²) in [6.07, 6.45) is 16.0. The third-order valence-electron chi connectivity index (χ3n) is 10.4. The summed E-state index contributed by atoms with van der Waals surface area (Å²) >= 11 is 0. The molecule has 1 amide bonds. The number of amides is 1. The van der Waals surface area contributed by atoms with E-state index >= 15 is 0 Å². The van der Waals surface area contributed by atoms with Crippen molar-refractivity contribution < 1.29 is 19.5 Å². The first-order valence-corrected chi connectivity index (χ1v) is 13.7. The summed E-state index contributed by atoms with van der Waals surface area (Å²) < 4.78 is 5.16. The number of methoxy groups -OCH3 is 1. The van der Waals surface area contributed by atoms with Gasteiger partial charge >= 0.3 is 0 Å². The number of rotatable bonds is 6. The van der Waals surface area contributed by atoms with E-state index in [-0.39, 0.29) is 23.3 Å². The molecule has 0 bridgehead atoms. The molecule has 4 aliphatic rings. The molecule has 0 saturated heterocycles. The summed E-state index contributed by atoms with van der Waals surface area (Å²) in [6.45, 7) is 5.02. The van der Waals surface area contributed by atoms with E-state index in [9.17, 15) is 9.90 Å². The molecule has 1 aromatic rings. The average Bonchev–Trinajstić information content (AvgIpc) is 3.18. The molecule has 0 heterocycles. The molecule has 6 atom stereocenters. The average molecular weight is 505 g/mol. The quantitative estimate of drug-likeness (QED) is 0.422. The van der Waals surface area contributed by atoms with Crippen LogP contribution in [-0.4, -0.2) is 36.0 Å². The zero-order valence-corrected chi connectivity index (χ0v) is 22.4. The highest BCUT2D eigenvalue weighted by Gasteiger charge is 2.63. The van der Waals surface area contributed by atoms with Gasteiger partial charge in [0.05, 0.1) is 12.8 Å². The molecule has 3 saturated carbocycles. The Labute approximate surface area is 220 Å². The molecule has 0 aromatic heterocycles. The van der Waals surface area contributed by atoms with E-state index in [1.807, 2.05) is 24.3 Å². The first kappa shape index (κ1) is 25.9. The molecule has 0 unspecified atom stereocenters. The number of terminal acetylenes is 1. The number of nitrogens with zero attached hydrogens (tertiary/aromatic N) is 1. The maximum Gasteiger partial charge on any atom is 0.261 e. The van der Waals surface area contributed by atoms with E-state index in [1.165, 1.54) is 5.57 Å². The fourth-order valence-electron chi connectivity index (χ4n) is 8.07. The second kappa shape index (κ2) is 9.83. The minimum atomic E-state index is -0.954. The number of carbonyl (C=O) groups is 1. The molecule has 1 aromatic carbocycles. The van der Waals surface area contributed by atoms with Crippen LogP contribution in [0, 0.1) is 40.9 Å². The first-order chi connectivity index (χ1) is 17.7. The number of nitrogens with one attached hydrogen (secondary N) is 1. The summed E-state index contributed by atoms with van der Waals surface area (Å²) in [6, 6.07) is 7.60. The Balaban J connectivity index is 1.18. The zero-order valence-electron chi connectivity index (χ0n) is 22.4. The lowest BCUT2D eigenvalue weighted by Gasteiger charge is -2.58. The predicted octanol–water partition coefficient (Wildman–Crippen LogP) is 5.01. The summed E-state index contributed by atoms with van der Waals surface area (Å²) in [5, 5.41) is 18.4. The molecule has 0 radical (unpaired) electrons. The van der Waals surface area contributed by atoms with E-state index in [1.54, 1.807) is 7.11 Å². The van der Waals surface area contributed by atoms with Crippen LogP contribution in [0.5, 0.6) is 5.75 Å². The van der Waals surface area contributed by atoms with Crippen molar-refractivity contribution >= 4 is 11.6 Å². The predicted molar refractivity (Wildman–Crippen MR) is 144 cm³/mol. The highest BCUT2D eigenvalue weighted by Crippen LogP contribution is 2.67.